The molecule has 1 aliphatic heterocycles. The summed E-state index contributed by atoms with van der Waals surface area (Å²) in [4.78, 5) is 25.3. The van der Waals surface area contributed by atoms with Crippen molar-refractivity contribution in [3.8, 4) is 11.5 Å². The van der Waals surface area contributed by atoms with Gasteiger partial charge in [-0.3, -0.25) is 9.69 Å². The lowest BCUT2D eigenvalue weighted by molar-refractivity contribution is -0.128. The number of nitrogens with zero attached hydrogens (tertiary/aromatic N) is 1. The standard InChI is InChI=1S/C18H26N2O4/c1-4-10-23-14-5-7-15(8-6-14)24-11-9-20-17(21)16(12-13(2)3)19-18(20)22/h5-8,13,16H,4,9-12H2,1-3H3,(H,19,22). The van der Waals surface area contributed by atoms with Crippen LogP contribution < -0.4 is 14.8 Å². The highest BCUT2D eigenvalue weighted by Crippen LogP contribution is 2.18. The molecule has 1 aliphatic rings. The maximum Gasteiger partial charge on any atom is 0.324 e. The Bertz CT molecular complexity index is 557. The molecule has 1 aromatic carbocycles. The van der Waals surface area contributed by atoms with E-state index >= 15 is 0 Å². The molecule has 0 radical (unpaired) electrons. The second kappa shape index (κ2) is 8.57. The summed E-state index contributed by atoms with van der Waals surface area (Å²) in [6, 6.07) is 6.58. The first kappa shape index (κ1) is 18.1. The summed E-state index contributed by atoms with van der Waals surface area (Å²) in [6.07, 6.45) is 1.61. The van der Waals surface area contributed by atoms with Gasteiger partial charge in [0.25, 0.3) is 5.91 Å². The Kier molecular flexibility index (Phi) is 6.46. The van der Waals surface area contributed by atoms with Crippen LogP contribution in [-0.2, 0) is 4.79 Å². The van der Waals surface area contributed by atoms with Crippen molar-refractivity contribution in [3.63, 3.8) is 0 Å². The van der Waals surface area contributed by atoms with Crippen LogP contribution in [0.3, 0.4) is 0 Å². The van der Waals surface area contributed by atoms with E-state index in [9.17, 15) is 9.59 Å². The average molecular weight is 334 g/mol. The number of amides is 3. The molecule has 1 atom stereocenters. The van der Waals surface area contributed by atoms with Gasteiger partial charge in [-0.1, -0.05) is 20.8 Å². The van der Waals surface area contributed by atoms with E-state index in [0.29, 0.717) is 24.7 Å². The van der Waals surface area contributed by atoms with Gasteiger partial charge in [0.1, 0.15) is 24.1 Å². The fourth-order valence-corrected chi connectivity index (χ4v) is 2.53. The summed E-state index contributed by atoms with van der Waals surface area (Å²) in [6.45, 7) is 7.30. The Hall–Kier alpha value is -2.24. The molecule has 24 heavy (non-hydrogen) atoms. The molecule has 0 spiro atoms. The van der Waals surface area contributed by atoms with Crippen LogP contribution >= 0.6 is 0 Å². The molecule has 1 saturated heterocycles. The van der Waals surface area contributed by atoms with Crippen molar-refractivity contribution >= 4 is 11.9 Å². The first-order chi connectivity index (χ1) is 11.5. The van der Waals surface area contributed by atoms with E-state index < -0.39 is 6.04 Å². The molecule has 1 aromatic rings. The smallest absolute Gasteiger partial charge is 0.324 e. The molecule has 1 heterocycles. The number of carbonyl (C=O) groups excluding carboxylic acids is 2. The zero-order valence-electron chi connectivity index (χ0n) is 14.6. The lowest BCUT2D eigenvalue weighted by atomic mass is 10.0. The van der Waals surface area contributed by atoms with E-state index in [1.807, 2.05) is 38.1 Å². The summed E-state index contributed by atoms with van der Waals surface area (Å²) in [5, 5.41) is 2.73. The Balaban J connectivity index is 1.79. The Morgan fingerprint density at radius 1 is 1.08 bits per heavy atom. The number of nitrogens with one attached hydrogen (secondary N) is 1. The quantitative estimate of drug-likeness (QED) is 0.705. The molecule has 1 fully saturated rings. The van der Waals surface area contributed by atoms with E-state index in [0.717, 1.165) is 12.2 Å². The highest BCUT2D eigenvalue weighted by atomic mass is 16.5. The lowest BCUT2D eigenvalue weighted by Gasteiger charge is -2.14. The van der Waals surface area contributed by atoms with Gasteiger partial charge in [-0.05, 0) is 43.0 Å². The third-order valence-corrected chi connectivity index (χ3v) is 3.69. The molecule has 1 N–H and O–H groups in total. The molecule has 6 nitrogen and oxygen atoms in total. The number of urea groups is 1. The summed E-state index contributed by atoms with van der Waals surface area (Å²) < 4.78 is 11.1. The molecule has 0 saturated carbocycles. The van der Waals surface area contributed by atoms with Gasteiger partial charge in [0.05, 0.1) is 13.2 Å². The van der Waals surface area contributed by atoms with Gasteiger partial charge in [0, 0.05) is 0 Å². The zero-order chi connectivity index (χ0) is 17.5. The molecule has 3 amide bonds. The van der Waals surface area contributed by atoms with E-state index in [-0.39, 0.29) is 25.1 Å². The van der Waals surface area contributed by atoms with Gasteiger partial charge in [-0.2, -0.15) is 0 Å². The zero-order valence-corrected chi connectivity index (χ0v) is 14.6. The fraction of sp³-hybridized carbons (Fsp3) is 0.556. The highest BCUT2D eigenvalue weighted by Gasteiger charge is 2.37. The van der Waals surface area contributed by atoms with Gasteiger partial charge < -0.3 is 14.8 Å². The van der Waals surface area contributed by atoms with Crippen molar-refractivity contribution in [2.45, 2.75) is 39.7 Å². The third-order valence-electron chi connectivity index (χ3n) is 3.69. The number of benzene rings is 1. The maximum atomic E-state index is 12.2. The molecule has 132 valence electrons. The minimum absolute atomic E-state index is 0.166. The number of ether oxygens (including phenoxy) is 2. The summed E-state index contributed by atoms with van der Waals surface area (Å²) in [5.74, 6) is 1.67. The van der Waals surface area contributed by atoms with Crippen molar-refractivity contribution in [2.75, 3.05) is 19.8 Å². The van der Waals surface area contributed by atoms with Crippen LogP contribution in [0.1, 0.15) is 33.6 Å². The van der Waals surface area contributed by atoms with Crippen LogP contribution in [0, 0.1) is 5.92 Å². The van der Waals surface area contributed by atoms with E-state index in [2.05, 4.69) is 12.2 Å². The fourth-order valence-electron chi connectivity index (χ4n) is 2.53. The topological polar surface area (TPSA) is 67.9 Å². The molecule has 0 aliphatic carbocycles. The minimum Gasteiger partial charge on any atom is -0.494 e. The Morgan fingerprint density at radius 3 is 2.21 bits per heavy atom. The van der Waals surface area contributed by atoms with Crippen molar-refractivity contribution in [2.24, 2.45) is 5.92 Å². The van der Waals surface area contributed by atoms with Crippen molar-refractivity contribution in [3.05, 3.63) is 24.3 Å². The van der Waals surface area contributed by atoms with E-state index in [1.165, 1.54) is 4.90 Å². The summed E-state index contributed by atoms with van der Waals surface area (Å²) in [7, 11) is 0. The van der Waals surface area contributed by atoms with Gasteiger partial charge in [0.2, 0.25) is 0 Å². The van der Waals surface area contributed by atoms with Crippen molar-refractivity contribution in [1.82, 2.24) is 10.2 Å². The third kappa shape index (κ3) is 4.88. The van der Waals surface area contributed by atoms with Crippen LogP contribution in [0.2, 0.25) is 0 Å². The van der Waals surface area contributed by atoms with Crippen LogP contribution in [-0.4, -0.2) is 42.6 Å². The summed E-state index contributed by atoms with van der Waals surface area (Å²) >= 11 is 0. The highest BCUT2D eigenvalue weighted by molar-refractivity contribution is 6.04. The molecule has 2 rings (SSSR count). The van der Waals surface area contributed by atoms with Crippen LogP contribution in [0.5, 0.6) is 11.5 Å². The normalized spacial score (nSPS) is 17.3. The predicted molar refractivity (Wildman–Crippen MR) is 91.2 cm³/mol. The second-order valence-corrected chi connectivity index (χ2v) is 6.29. The number of hydrogen-bond acceptors (Lipinski definition) is 4. The molecular weight excluding hydrogens is 308 g/mol. The van der Waals surface area contributed by atoms with Gasteiger partial charge >= 0.3 is 6.03 Å². The lowest BCUT2D eigenvalue weighted by Crippen LogP contribution is -2.35. The number of carbonyl (C=O) groups is 2. The second-order valence-electron chi connectivity index (χ2n) is 6.29. The molecule has 6 heteroatoms. The SMILES string of the molecule is CCCOc1ccc(OCCN2C(=O)NC(CC(C)C)C2=O)cc1. The Morgan fingerprint density at radius 2 is 1.67 bits per heavy atom. The van der Waals surface area contributed by atoms with Crippen molar-refractivity contribution < 1.29 is 19.1 Å². The number of rotatable bonds is 9. The molecule has 0 aromatic heterocycles. The number of hydrogen-bond donors (Lipinski definition) is 1. The molecule has 1 unspecified atom stereocenters. The van der Waals surface area contributed by atoms with Crippen LogP contribution in [0.25, 0.3) is 0 Å². The van der Waals surface area contributed by atoms with Crippen molar-refractivity contribution in [1.29, 1.82) is 0 Å². The Labute approximate surface area is 143 Å². The number of imide groups is 1. The van der Waals surface area contributed by atoms with E-state index in [4.69, 9.17) is 9.47 Å². The maximum absolute atomic E-state index is 12.2. The van der Waals surface area contributed by atoms with E-state index in [1.54, 1.807) is 0 Å². The van der Waals surface area contributed by atoms with Gasteiger partial charge in [0.15, 0.2) is 0 Å². The minimum atomic E-state index is -0.410. The molecule has 0 bridgehead atoms. The van der Waals surface area contributed by atoms with Gasteiger partial charge in [-0.25, -0.2) is 4.79 Å². The predicted octanol–water partition coefficient (Wildman–Crippen LogP) is 2.82. The summed E-state index contributed by atoms with van der Waals surface area (Å²) in [5.41, 5.74) is 0. The van der Waals surface area contributed by atoms with Crippen LogP contribution in [0.15, 0.2) is 24.3 Å². The average Bonchev–Trinajstić information content (AvgIpc) is 2.81. The van der Waals surface area contributed by atoms with Crippen LogP contribution in [0.4, 0.5) is 4.79 Å². The monoisotopic (exact) mass is 334 g/mol. The first-order valence-corrected chi connectivity index (χ1v) is 8.48. The first-order valence-electron chi connectivity index (χ1n) is 8.48. The van der Waals surface area contributed by atoms with Gasteiger partial charge in [-0.15, -0.1) is 0 Å². The largest absolute Gasteiger partial charge is 0.494 e. The molecular formula is C18H26N2O4.